The number of aromatic amines is 1. The number of hydrogen-bond acceptors (Lipinski definition) is 6. The molecule has 9 heteroatoms. The van der Waals surface area contributed by atoms with Crippen LogP contribution in [0.5, 0.6) is 5.75 Å². The Morgan fingerprint density at radius 1 is 1.24 bits per heavy atom. The molecule has 21 heavy (non-hydrogen) atoms. The molecular weight excluding hydrogens is 333 g/mol. The van der Waals surface area contributed by atoms with Crippen LogP contribution in [-0.4, -0.2) is 31.8 Å². The third-order valence-electron chi connectivity index (χ3n) is 2.53. The van der Waals surface area contributed by atoms with E-state index in [1.807, 2.05) is 25.1 Å². The molecular formula is C12H9Cl2N5OS. The van der Waals surface area contributed by atoms with Gasteiger partial charge in [0.2, 0.25) is 5.28 Å². The van der Waals surface area contributed by atoms with Gasteiger partial charge in [-0.25, -0.2) is 9.97 Å². The van der Waals surface area contributed by atoms with E-state index in [-0.39, 0.29) is 10.4 Å². The molecule has 1 aromatic carbocycles. The second kappa shape index (κ2) is 6.05. The summed E-state index contributed by atoms with van der Waals surface area (Å²) >= 11 is 12.9. The van der Waals surface area contributed by atoms with Gasteiger partial charge in [0.15, 0.2) is 10.3 Å². The molecule has 2 aromatic heterocycles. The van der Waals surface area contributed by atoms with Gasteiger partial charge in [0.1, 0.15) is 10.8 Å². The quantitative estimate of drug-likeness (QED) is 0.781. The van der Waals surface area contributed by atoms with Gasteiger partial charge in [-0.2, -0.15) is 0 Å². The molecule has 0 saturated carbocycles. The van der Waals surface area contributed by atoms with E-state index in [2.05, 4.69) is 25.1 Å². The molecule has 2 heterocycles. The lowest BCUT2D eigenvalue weighted by molar-refractivity contribution is 0.340. The lowest BCUT2D eigenvalue weighted by Crippen LogP contribution is -1.91. The Hall–Kier alpha value is -1.57. The van der Waals surface area contributed by atoms with E-state index in [9.17, 15) is 0 Å². The molecule has 0 unspecified atom stereocenters. The number of nitrogens with zero attached hydrogens (tertiary/aromatic N) is 4. The Labute approximate surface area is 134 Å². The lowest BCUT2D eigenvalue weighted by atomic mass is 10.3. The first kappa shape index (κ1) is 14.4. The Morgan fingerprint density at radius 3 is 2.90 bits per heavy atom. The summed E-state index contributed by atoms with van der Waals surface area (Å²) in [6, 6.07) is 5.65. The molecule has 0 spiro atoms. The number of aromatic nitrogens is 5. The minimum absolute atomic E-state index is 0.0386. The van der Waals surface area contributed by atoms with Crippen molar-refractivity contribution in [1.29, 1.82) is 0 Å². The van der Waals surface area contributed by atoms with Crippen LogP contribution in [0.4, 0.5) is 0 Å². The van der Waals surface area contributed by atoms with Gasteiger partial charge in [-0.3, -0.25) is 0 Å². The van der Waals surface area contributed by atoms with Crippen LogP contribution in [0.15, 0.2) is 28.4 Å². The third-order valence-corrected chi connectivity index (χ3v) is 3.92. The number of rotatable bonds is 4. The van der Waals surface area contributed by atoms with Gasteiger partial charge in [-0.05, 0) is 42.4 Å². The monoisotopic (exact) mass is 341 g/mol. The third kappa shape index (κ3) is 3.20. The fourth-order valence-electron chi connectivity index (χ4n) is 1.71. The molecule has 0 fully saturated rings. The van der Waals surface area contributed by atoms with E-state index < -0.39 is 0 Å². The minimum Gasteiger partial charge on any atom is -0.494 e. The number of imidazole rings is 1. The number of H-pyrrole nitrogens is 1. The van der Waals surface area contributed by atoms with Crippen LogP contribution in [0.1, 0.15) is 6.92 Å². The van der Waals surface area contributed by atoms with Crippen molar-refractivity contribution in [2.45, 2.75) is 17.1 Å². The van der Waals surface area contributed by atoms with Crippen LogP contribution in [0.3, 0.4) is 0 Å². The Balaban J connectivity index is 1.92. The summed E-state index contributed by atoms with van der Waals surface area (Å²) in [5.41, 5.74) is 1.69. The largest absolute Gasteiger partial charge is 0.494 e. The molecule has 0 bridgehead atoms. The van der Waals surface area contributed by atoms with Crippen LogP contribution in [0, 0.1) is 0 Å². The van der Waals surface area contributed by atoms with Crippen molar-refractivity contribution < 1.29 is 4.74 Å². The predicted octanol–water partition coefficient (Wildman–Crippen LogP) is 3.60. The van der Waals surface area contributed by atoms with Crippen molar-refractivity contribution in [3.05, 3.63) is 28.6 Å². The molecule has 0 radical (unpaired) electrons. The standard InChI is InChI=1S/C12H9Cl2N5OS/c1-2-20-6-3-4-7-8(5-6)16-12(15-7)21-10-9(13)18-19-11(14)17-10/h3-5H,2H2,1H3,(H,15,16). The van der Waals surface area contributed by atoms with Gasteiger partial charge in [-0.15, -0.1) is 10.2 Å². The number of benzene rings is 1. The fraction of sp³-hybridized carbons (Fsp3) is 0.167. The van der Waals surface area contributed by atoms with Crippen molar-refractivity contribution >= 4 is 46.0 Å². The molecule has 0 amide bonds. The van der Waals surface area contributed by atoms with Crippen LogP contribution < -0.4 is 4.74 Å². The summed E-state index contributed by atoms with van der Waals surface area (Å²) in [6.45, 7) is 2.55. The SMILES string of the molecule is CCOc1ccc2nc(Sc3nc(Cl)nnc3Cl)[nH]c2c1. The zero-order chi connectivity index (χ0) is 14.8. The first-order valence-corrected chi connectivity index (χ1v) is 7.59. The maximum atomic E-state index is 5.93. The summed E-state index contributed by atoms with van der Waals surface area (Å²) in [6.07, 6.45) is 0. The van der Waals surface area contributed by atoms with Crippen LogP contribution in [0.25, 0.3) is 11.0 Å². The second-order valence-corrected chi connectivity index (χ2v) is 5.61. The summed E-state index contributed by atoms with van der Waals surface area (Å²) in [7, 11) is 0. The van der Waals surface area contributed by atoms with E-state index in [0.29, 0.717) is 16.8 Å². The Kier molecular flexibility index (Phi) is 4.14. The van der Waals surface area contributed by atoms with Crippen LogP contribution >= 0.6 is 35.0 Å². The topological polar surface area (TPSA) is 76.6 Å². The average molecular weight is 342 g/mol. The molecule has 3 rings (SSSR count). The number of hydrogen-bond donors (Lipinski definition) is 1. The highest BCUT2D eigenvalue weighted by Crippen LogP contribution is 2.31. The first-order valence-electron chi connectivity index (χ1n) is 6.02. The lowest BCUT2D eigenvalue weighted by Gasteiger charge is -2.00. The average Bonchev–Trinajstić information content (AvgIpc) is 2.85. The van der Waals surface area contributed by atoms with Gasteiger partial charge in [0.25, 0.3) is 0 Å². The van der Waals surface area contributed by atoms with Gasteiger partial charge in [0.05, 0.1) is 17.6 Å². The molecule has 0 aliphatic rings. The van der Waals surface area contributed by atoms with Crippen LogP contribution in [0.2, 0.25) is 10.4 Å². The van der Waals surface area contributed by atoms with E-state index in [1.54, 1.807) is 0 Å². The maximum absolute atomic E-state index is 5.93. The van der Waals surface area contributed by atoms with E-state index >= 15 is 0 Å². The number of nitrogens with one attached hydrogen (secondary N) is 1. The summed E-state index contributed by atoms with van der Waals surface area (Å²) in [4.78, 5) is 11.6. The molecule has 3 aromatic rings. The van der Waals surface area contributed by atoms with Gasteiger partial charge in [-0.1, -0.05) is 11.6 Å². The molecule has 0 saturated heterocycles. The highest BCUT2D eigenvalue weighted by atomic mass is 35.5. The minimum atomic E-state index is 0.0386. The highest BCUT2D eigenvalue weighted by Gasteiger charge is 2.12. The van der Waals surface area contributed by atoms with Crippen molar-refractivity contribution in [2.75, 3.05) is 6.61 Å². The van der Waals surface area contributed by atoms with Gasteiger partial charge < -0.3 is 9.72 Å². The predicted molar refractivity (Wildman–Crippen MR) is 81.2 cm³/mol. The molecule has 108 valence electrons. The van der Waals surface area contributed by atoms with Crippen molar-refractivity contribution in [2.24, 2.45) is 0 Å². The molecule has 0 aliphatic carbocycles. The van der Waals surface area contributed by atoms with Crippen molar-refractivity contribution in [3.8, 4) is 5.75 Å². The Morgan fingerprint density at radius 2 is 2.10 bits per heavy atom. The maximum Gasteiger partial charge on any atom is 0.244 e. The summed E-state index contributed by atoms with van der Waals surface area (Å²) in [5, 5.41) is 8.57. The Bertz CT molecular complexity index is 794. The van der Waals surface area contributed by atoms with Crippen molar-refractivity contribution in [3.63, 3.8) is 0 Å². The van der Waals surface area contributed by atoms with E-state index in [1.165, 1.54) is 11.8 Å². The molecule has 0 aliphatic heterocycles. The fourth-order valence-corrected chi connectivity index (χ4v) is 2.82. The van der Waals surface area contributed by atoms with E-state index in [0.717, 1.165) is 16.8 Å². The first-order chi connectivity index (χ1) is 10.2. The zero-order valence-electron chi connectivity index (χ0n) is 10.8. The summed E-state index contributed by atoms with van der Waals surface area (Å²) in [5.74, 6) is 0.787. The molecule has 1 N–H and O–H groups in total. The zero-order valence-corrected chi connectivity index (χ0v) is 13.1. The van der Waals surface area contributed by atoms with Crippen LogP contribution in [-0.2, 0) is 0 Å². The number of halogens is 2. The van der Waals surface area contributed by atoms with Gasteiger partial charge in [0, 0.05) is 6.07 Å². The van der Waals surface area contributed by atoms with Gasteiger partial charge >= 0.3 is 0 Å². The summed E-state index contributed by atoms with van der Waals surface area (Å²) < 4.78 is 5.45. The highest BCUT2D eigenvalue weighted by molar-refractivity contribution is 7.99. The molecule has 0 atom stereocenters. The second-order valence-electron chi connectivity index (χ2n) is 3.93. The molecule has 6 nitrogen and oxygen atoms in total. The van der Waals surface area contributed by atoms with E-state index in [4.69, 9.17) is 27.9 Å². The normalized spacial score (nSPS) is 11.0. The number of fused-ring (bicyclic) bond motifs is 1. The van der Waals surface area contributed by atoms with Crippen molar-refractivity contribution in [1.82, 2.24) is 25.1 Å². The smallest absolute Gasteiger partial charge is 0.244 e. The number of ether oxygens (including phenoxy) is 1.